The molecule has 1 aliphatic rings. The molecule has 3 rings (SSSR count). The highest BCUT2D eigenvalue weighted by molar-refractivity contribution is 7.13. The van der Waals surface area contributed by atoms with Crippen molar-refractivity contribution in [2.75, 3.05) is 5.32 Å². The van der Waals surface area contributed by atoms with Gasteiger partial charge >= 0.3 is 0 Å². The molecule has 1 heterocycles. The third-order valence-electron chi connectivity index (χ3n) is 4.41. The average Bonchev–Trinajstić information content (AvgIpc) is 2.96. The van der Waals surface area contributed by atoms with E-state index in [-0.39, 0.29) is 0 Å². The maximum absolute atomic E-state index is 4.35. The van der Waals surface area contributed by atoms with Gasteiger partial charge in [0.05, 0.1) is 0 Å². The number of nitrogens with zero attached hydrogens (tertiary/aromatic N) is 1. The highest BCUT2D eigenvalue weighted by Crippen LogP contribution is 2.37. The predicted octanol–water partition coefficient (Wildman–Crippen LogP) is 5.19. The van der Waals surface area contributed by atoms with Gasteiger partial charge in [0.1, 0.15) is 5.01 Å². The number of hydrogen-bond acceptors (Lipinski definition) is 3. The van der Waals surface area contributed by atoms with Gasteiger partial charge in [-0.25, -0.2) is 4.98 Å². The van der Waals surface area contributed by atoms with Crippen LogP contribution in [0, 0.1) is 5.41 Å². The van der Waals surface area contributed by atoms with Gasteiger partial charge in [-0.2, -0.15) is 0 Å². The largest absolute Gasteiger partial charge is 0.382 e. The Bertz CT molecular complexity index is 543. The zero-order chi connectivity index (χ0) is 14.0. The first-order valence-corrected chi connectivity index (χ1v) is 8.30. The summed E-state index contributed by atoms with van der Waals surface area (Å²) < 4.78 is 0. The van der Waals surface area contributed by atoms with Gasteiger partial charge < -0.3 is 5.32 Å². The van der Waals surface area contributed by atoms with Crippen molar-refractivity contribution in [1.82, 2.24) is 4.98 Å². The molecule has 0 amide bonds. The topological polar surface area (TPSA) is 24.9 Å². The standard InChI is InChI=1S/C17H22N2S/c1-17(2)10-4-3-5-15(17)19-14-8-6-13(7-9-14)16-18-11-12-20-16/h6-9,11-12,15,19H,3-5,10H2,1-2H3. The highest BCUT2D eigenvalue weighted by Gasteiger charge is 2.31. The fourth-order valence-corrected chi connectivity index (χ4v) is 3.68. The molecule has 3 heteroatoms. The Balaban J connectivity index is 1.72. The number of nitrogens with one attached hydrogen (secondary N) is 1. The fraction of sp³-hybridized carbons (Fsp3) is 0.471. The highest BCUT2D eigenvalue weighted by atomic mass is 32.1. The summed E-state index contributed by atoms with van der Waals surface area (Å²) in [6, 6.07) is 9.28. The molecule has 2 nitrogen and oxygen atoms in total. The van der Waals surface area contributed by atoms with E-state index in [1.54, 1.807) is 11.3 Å². The summed E-state index contributed by atoms with van der Waals surface area (Å²) in [6.45, 7) is 4.77. The molecular weight excluding hydrogens is 264 g/mol. The molecule has 0 radical (unpaired) electrons. The van der Waals surface area contributed by atoms with Gasteiger partial charge in [0, 0.05) is 28.9 Å². The Morgan fingerprint density at radius 3 is 2.65 bits per heavy atom. The van der Waals surface area contributed by atoms with Gasteiger partial charge in [0.15, 0.2) is 0 Å². The van der Waals surface area contributed by atoms with Crippen molar-refractivity contribution in [2.24, 2.45) is 5.41 Å². The quantitative estimate of drug-likeness (QED) is 0.839. The minimum absolute atomic E-state index is 0.395. The van der Waals surface area contributed by atoms with Crippen LogP contribution in [0.5, 0.6) is 0 Å². The zero-order valence-corrected chi connectivity index (χ0v) is 13.0. The average molecular weight is 286 g/mol. The molecule has 0 saturated heterocycles. The summed E-state index contributed by atoms with van der Waals surface area (Å²) in [5.74, 6) is 0. The van der Waals surface area contributed by atoms with Crippen molar-refractivity contribution in [3.05, 3.63) is 35.8 Å². The Labute approximate surface area is 125 Å². The van der Waals surface area contributed by atoms with E-state index in [1.807, 2.05) is 11.6 Å². The predicted molar refractivity (Wildman–Crippen MR) is 87.2 cm³/mol. The first-order chi connectivity index (χ1) is 9.65. The maximum atomic E-state index is 4.35. The van der Waals surface area contributed by atoms with E-state index in [9.17, 15) is 0 Å². The lowest BCUT2D eigenvalue weighted by Gasteiger charge is -2.39. The first kappa shape index (κ1) is 13.6. The lowest BCUT2D eigenvalue weighted by atomic mass is 9.73. The number of aromatic nitrogens is 1. The van der Waals surface area contributed by atoms with Crippen molar-refractivity contribution in [2.45, 2.75) is 45.6 Å². The molecule has 1 fully saturated rings. The first-order valence-electron chi connectivity index (χ1n) is 7.42. The molecule has 1 saturated carbocycles. The summed E-state index contributed by atoms with van der Waals surface area (Å²) in [5, 5.41) is 6.84. The van der Waals surface area contributed by atoms with E-state index >= 15 is 0 Å². The number of hydrogen-bond donors (Lipinski definition) is 1. The van der Waals surface area contributed by atoms with Gasteiger partial charge in [-0.3, -0.25) is 0 Å². The number of anilines is 1. The van der Waals surface area contributed by atoms with Crippen molar-refractivity contribution in [1.29, 1.82) is 0 Å². The SMILES string of the molecule is CC1(C)CCCCC1Nc1ccc(-c2nccs2)cc1. The summed E-state index contributed by atoms with van der Waals surface area (Å²) >= 11 is 1.69. The van der Waals surface area contributed by atoms with Gasteiger partial charge in [-0.15, -0.1) is 11.3 Å². The van der Waals surface area contributed by atoms with Gasteiger partial charge in [0.25, 0.3) is 0 Å². The zero-order valence-electron chi connectivity index (χ0n) is 12.2. The molecule has 106 valence electrons. The fourth-order valence-electron chi connectivity index (χ4n) is 3.04. The Morgan fingerprint density at radius 1 is 1.20 bits per heavy atom. The molecular formula is C17H22N2S. The lowest BCUT2D eigenvalue weighted by molar-refractivity contribution is 0.217. The molecule has 1 aromatic heterocycles. The normalized spacial score (nSPS) is 21.6. The number of rotatable bonds is 3. The Hall–Kier alpha value is -1.35. The Kier molecular flexibility index (Phi) is 3.79. The Morgan fingerprint density at radius 2 is 2.00 bits per heavy atom. The van der Waals surface area contributed by atoms with Gasteiger partial charge in [-0.1, -0.05) is 26.7 Å². The summed E-state index contributed by atoms with van der Waals surface area (Å²) in [6.07, 6.45) is 7.17. The minimum atomic E-state index is 0.395. The van der Waals surface area contributed by atoms with Gasteiger partial charge in [-0.05, 0) is 42.5 Å². The lowest BCUT2D eigenvalue weighted by Crippen LogP contribution is -2.38. The van der Waals surface area contributed by atoms with Crippen molar-refractivity contribution >= 4 is 17.0 Å². The van der Waals surface area contributed by atoms with Crippen LogP contribution in [0.4, 0.5) is 5.69 Å². The summed E-state index contributed by atoms with van der Waals surface area (Å²) in [7, 11) is 0. The molecule has 2 aromatic rings. The van der Waals surface area contributed by atoms with E-state index < -0.39 is 0 Å². The summed E-state index contributed by atoms with van der Waals surface area (Å²) in [5.41, 5.74) is 2.82. The molecule has 20 heavy (non-hydrogen) atoms. The monoisotopic (exact) mass is 286 g/mol. The molecule has 0 bridgehead atoms. The van der Waals surface area contributed by atoms with Crippen LogP contribution in [0.15, 0.2) is 35.8 Å². The molecule has 0 spiro atoms. The second-order valence-electron chi connectivity index (χ2n) is 6.35. The van der Waals surface area contributed by atoms with Crippen molar-refractivity contribution < 1.29 is 0 Å². The van der Waals surface area contributed by atoms with E-state index in [0.29, 0.717) is 11.5 Å². The van der Waals surface area contributed by atoms with Crippen LogP contribution < -0.4 is 5.32 Å². The van der Waals surface area contributed by atoms with Crippen molar-refractivity contribution in [3.63, 3.8) is 0 Å². The number of benzene rings is 1. The van der Waals surface area contributed by atoms with Crippen LogP contribution in [0.3, 0.4) is 0 Å². The maximum Gasteiger partial charge on any atom is 0.123 e. The number of thiazole rings is 1. The van der Waals surface area contributed by atoms with Crippen LogP contribution in [-0.4, -0.2) is 11.0 Å². The smallest absolute Gasteiger partial charge is 0.123 e. The van der Waals surface area contributed by atoms with E-state index in [1.165, 1.54) is 36.9 Å². The second-order valence-corrected chi connectivity index (χ2v) is 7.24. The van der Waals surface area contributed by atoms with E-state index in [0.717, 1.165) is 5.01 Å². The molecule has 1 N–H and O–H groups in total. The van der Waals surface area contributed by atoms with Crippen LogP contribution >= 0.6 is 11.3 Å². The van der Waals surface area contributed by atoms with Crippen LogP contribution in [0.2, 0.25) is 0 Å². The van der Waals surface area contributed by atoms with Crippen LogP contribution in [-0.2, 0) is 0 Å². The molecule has 1 aliphatic carbocycles. The summed E-state index contributed by atoms with van der Waals surface area (Å²) in [4.78, 5) is 4.35. The molecule has 0 aliphatic heterocycles. The van der Waals surface area contributed by atoms with Gasteiger partial charge in [0.2, 0.25) is 0 Å². The van der Waals surface area contributed by atoms with Crippen molar-refractivity contribution in [3.8, 4) is 10.6 Å². The third-order valence-corrected chi connectivity index (χ3v) is 5.23. The third kappa shape index (κ3) is 2.88. The molecule has 1 atom stereocenters. The van der Waals surface area contributed by atoms with Crippen LogP contribution in [0.25, 0.3) is 10.6 Å². The minimum Gasteiger partial charge on any atom is -0.382 e. The van der Waals surface area contributed by atoms with E-state index in [4.69, 9.17) is 0 Å². The second kappa shape index (κ2) is 5.57. The molecule has 1 unspecified atom stereocenters. The van der Waals surface area contributed by atoms with E-state index in [2.05, 4.69) is 48.4 Å². The van der Waals surface area contributed by atoms with Crippen LogP contribution in [0.1, 0.15) is 39.5 Å². The molecule has 1 aromatic carbocycles.